The van der Waals surface area contributed by atoms with Crippen molar-refractivity contribution in [3.8, 4) is 17.3 Å². The van der Waals surface area contributed by atoms with Gasteiger partial charge < -0.3 is 9.67 Å². The molecule has 1 aromatic heterocycles. The van der Waals surface area contributed by atoms with Crippen LogP contribution >= 0.6 is 0 Å². The van der Waals surface area contributed by atoms with Gasteiger partial charge >= 0.3 is 0 Å². The van der Waals surface area contributed by atoms with Crippen LogP contribution in [0.3, 0.4) is 0 Å². The fraction of sp³-hybridized carbons (Fsp3) is 0.333. The number of aliphatic hydroxyl groups is 1. The first-order valence-corrected chi connectivity index (χ1v) is 6.47. The second-order valence-electron chi connectivity index (χ2n) is 5.43. The van der Waals surface area contributed by atoms with Gasteiger partial charge in [0, 0.05) is 5.56 Å². The molecule has 0 saturated heterocycles. The van der Waals surface area contributed by atoms with Gasteiger partial charge in [-0.15, -0.1) is 0 Å². The van der Waals surface area contributed by atoms with Crippen molar-refractivity contribution >= 4 is 0 Å². The molecule has 1 unspecified atom stereocenters. The first kappa shape index (κ1) is 10.8. The maximum absolute atomic E-state index is 10.7. The summed E-state index contributed by atoms with van der Waals surface area (Å²) in [7, 11) is 0. The molecule has 2 aliphatic rings. The van der Waals surface area contributed by atoms with E-state index in [4.69, 9.17) is 0 Å². The van der Waals surface area contributed by atoms with Crippen molar-refractivity contribution in [2.24, 2.45) is 5.41 Å². The molecule has 2 heterocycles. The molecule has 1 aromatic carbocycles. The third kappa shape index (κ3) is 1.28. The van der Waals surface area contributed by atoms with Crippen LogP contribution in [0.4, 0.5) is 0 Å². The number of hydrogen-bond acceptors (Lipinski definition) is 3. The summed E-state index contributed by atoms with van der Waals surface area (Å²) in [6.07, 6.45) is 4.46. The van der Waals surface area contributed by atoms with Gasteiger partial charge in [-0.25, -0.2) is 4.98 Å². The molecule has 2 atom stereocenters. The van der Waals surface area contributed by atoms with Gasteiger partial charge in [0.2, 0.25) is 0 Å². The molecule has 0 radical (unpaired) electrons. The first-order chi connectivity index (χ1) is 9.27. The highest BCUT2D eigenvalue weighted by molar-refractivity contribution is 5.69. The predicted octanol–water partition coefficient (Wildman–Crippen LogP) is 2.12. The summed E-state index contributed by atoms with van der Waals surface area (Å²) in [6, 6.07) is 10.2. The fourth-order valence-corrected chi connectivity index (χ4v) is 3.11. The number of aliphatic hydroxyl groups excluding tert-OH is 1. The molecule has 94 valence electrons. The van der Waals surface area contributed by atoms with E-state index in [0.717, 1.165) is 29.7 Å². The van der Waals surface area contributed by atoms with Gasteiger partial charge in [-0.2, -0.15) is 5.26 Å². The zero-order valence-corrected chi connectivity index (χ0v) is 10.3. The lowest BCUT2D eigenvalue weighted by molar-refractivity contribution is 0.0840. The van der Waals surface area contributed by atoms with Crippen LogP contribution in [0, 0.1) is 16.7 Å². The van der Waals surface area contributed by atoms with E-state index in [1.54, 1.807) is 6.33 Å². The van der Waals surface area contributed by atoms with Crippen molar-refractivity contribution in [1.29, 1.82) is 5.26 Å². The first-order valence-electron chi connectivity index (χ1n) is 6.47. The van der Waals surface area contributed by atoms with E-state index in [2.05, 4.69) is 11.1 Å². The lowest BCUT2D eigenvalue weighted by atomic mass is 9.89. The topological polar surface area (TPSA) is 61.8 Å². The molecule has 4 nitrogen and oxygen atoms in total. The Balaban J connectivity index is 1.88. The molecule has 2 aromatic rings. The zero-order chi connectivity index (χ0) is 13.0. The van der Waals surface area contributed by atoms with E-state index in [1.807, 2.05) is 35.0 Å². The lowest BCUT2D eigenvalue weighted by Crippen LogP contribution is -2.30. The van der Waals surface area contributed by atoms with Crippen molar-refractivity contribution < 1.29 is 5.11 Å². The molecule has 4 rings (SSSR count). The summed E-state index contributed by atoms with van der Waals surface area (Å²) in [6.45, 7) is 0. The number of hydrogen-bond donors (Lipinski definition) is 1. The number of nitriles is 1. The molecule has 0 bridgehead atoms. The highest BCUT2D eigenvalue weighted by Crippen LogP contribution is 2.54. The summed E-state index contributed by atoms with van der Waals surface area (Å²) in [5.74, 6) is 0. The molecule has 1 aliphatic heterocycles. The molecular formula is C15H13N3O. The van der Waals surface area contributed by atoms with Gasteiger partial charge in [0.25, 0.3) is 0 Å². The van der Waals surface area contributed by atoms with E-state index in [-0.39, 0.29) is 6.04 Å². The maximum Gasteiger partial charge on any atom is 0.0975 e. The molecular weight excluding hydrogens is 238 g/mol. The molecule has 1 aliphatic carbocycles. The quantitative estimate of drug-likeness (QED) is 0.889. The van der Waals surface area contributed by atoms with Crippen molar-refractivity contribution in [1.82, 2.24) is 9.55 Å². The van der Waals surface area contributed by atoms with Crippen LogP contribution in [0.2, 0.25) is 0 Å². The lowest BCUT2D eigenvalue weighted by Gasteiger charge is -2.24. The van der Waals surface area contributed by atoms with E-state index in [1.165, 1.54) is 0 Å². The Morgan fingerprint density at radius 3 is 2.95 bits per heavy atom. The average Bonchev–Trinajstić information content (AvgIpc) is 3.00. The predicted molar refractivity (Wildman–Crippen MR) is 69.1 cm³/mol. The monoisotopic (exact) mass is 251 g/mol. The molecule has 1 saturated carbocycles. The second kappa shape index (κ2) is 3.46. The van der Waals surface area contributed by atoms with Crippen molar-refractivity contribution in [3.05, 3.63) is 42.4 Å². The van der Waals surface area contributed by atoms with E-state index >= 15 is 0 Å². The highest BCUT2D eigenvalue weighted by atomic mass is 16.3. The Morgan fingerprint density at radius 2 is 2.21 bits per heavy atom. The Bertz CT molecular complexity index is 693. The van der Waals surface area contributed by atoms with Crippen LogP contribution in [0.5, 0.6) is 0 Å². The van der Waals surface area contributed by atoms with Gasteiger partial charge in [0.15, 0.2) is 0 Å². The molecule has 0 spiro atoms. The summed E-state index contributed by atoms with van der Waals surface area (Å²) >= 11 is 0. The fourth-order valence-electron chi connectivity index (χ4n) is 3.11. The Morgan fingerprint density at radius 1 is 1.42 bits per heavy atom. The van der Waals surface area contributed by atoms with E-state index < -0.39 is 11.5 Å². The largest absolute Gasteiger partial charge is 0.389 e. The molecule has 1 N–H and O–H groups in total. The van der Waals surface area contributed by atoms with Crippen LogP contribution in [0.1, 0.15) is 24.4 Å². The molecule has 19 heavy (non-hydrogen) atoms. The number of aromatic nitrogens is 2. The van der Waals surface area contributed by atoms with Crippen molar-refractivity contribution in [2.75, 3.05) is 0 Å². The summed E-state index contributed by atoms with van der Waals surface area (Å²) in [5, 5.41) is 20.0. The van der Waals surface area contributed by atoms with Gasteiger partial charge in [-0.05, 0) is 18.4 Å². The zero-order valence-electron chi connectivity index (χ0n) is 10.3. The van der Waals surface area contributed by atoms with Crippen molar-refractivity contribution in [3.63, 3.8) is 0 Å². The van der Waals surface area contributed by atoms with Crippen LogP contribution in [-0.4, -0.2) is 20.8 Å². The van der Waals surface area contributed by atoms with Crippen LogP contribution in [0.25, 0.3) is 11.3 Å². The number of benzene rings is 1. The van der Waals surface area contributed by atoms with Gasteiger partial charge in [-0.1, -0.05) is 24.3 Å². The van der Waals surface area contributed by atoms with Gasteiger partial charge in [0.05, 0.1) is 41.8 Å². The average molecular weight is 251 g/mol. The number of nitrogens with zero attached hydrogens (tertiary/aromatic N) is 3. The second-order valence-corrected chi connectivity index (χ2v) is 5.43. The minimum absolute atomic E-state index is 0.184. The normalized spacial score (nSPS) is 23.3. The summed E-state index contributed by atoms with van der Waals surface area (Å²) < 4.78 is 1.99. The third-order valence-corrected chi connectivity index (χ3v) is 4.40. The van der Waals surface area contributed by atoms with Crippen LogP contribution < -0.4 is 0 Å². The maximum atomic E-state index is 10.7. The summed E-state index contributed by atoms with van der Waals surface area (Å²) in [5.41, 5.74) is 2.66. The Kier molecular flexibility index (Phi) is 1.96. The minimum Gasteiger partial charge on any atom is -0.389 e. The smallest absolute Gasteiger partial charge is 0.0975 e. The van der Waals surface area contributed by atoms with Gasteiger partial charge in [0.1, 0.15) is 0 Å². The van der Waals surface area contributed by atoms with E-state index in [9.17, 15) is 10.4 Å². The summed E-state index contributed by atoms with van der Waals surface area (Å²) in [4.78, 5) is 4.17. The molecule has 1 fully saturated rings. The number of fused-ring (bicyclic) bond motifs is 3. The van der Waals surface area contributed by atoms with Crippen LogP contribution in [-0.2, 0) is 0 Å². The van der Waals surface area contributed by atoms with Gasteiger partial charge in [-0.3, -0.25) is 0 Å². The number of rotatable bonds is 2. The Labute approximate surface area is 110 Å². The molecule has 4 heteroatoms. The number of imidazole rings is 1. The molecule has 0 amide bonds. The van der Waals surface area contributed by atoms with Crippen LogP contribution in [0.15, 0.2) is 36.8 Å². The highest BCUT2D eigenvalue weighted by Gasteiger charge is 2.54. The van der Waals surface area contributed by atoms with E-state index in [0.29, 0.717) is 0 Å². The SMILES string of the molecule is N#CC1([C@H](O)C2c3ccccc3-c3cncn32)CC1. The standard InChI is InChI=1S/C15H13N3O/c16-8-15(5-6-15)14(19)13-11-4-2-1-3-10(11)12-7-17-9-18(12)13/h1-4,7,9,13-14,19H,5-6H2/t13?,14-/m1/s1. The van der Waals surface area contributed by atoms with Crippen molar-refractivity contribution in [2.45, 2.75) is 25.0 Å². The third-order valence-electron chi connectivity index (χ3n) is 4.40. The minimum atomic E-state index is -0.672. The Hall–Kier alpha value is -2.12.